The van der Waals surface area contributed by atoms with Crippen LogP contribution in [0.1, 0.15) is 44.9 Å². The molecule has 2 aliphatic heterocycles. The van der Waals surface area contributed by atoms with Gasteiger partial charge in [0.1, 0.15) is 6.04 Å². The summed E-state index contributed by atoms with van der Waals surface area (Å²) >= 11 is 0. The SMILES string of the molecule is Nc1cc(F)c(F)cc1NC(=O)C1CC2(CCCCCC2)C(N2CCNC2)NN1. The molecule has 1 aromatic carbocycles. The van der Waals surface area contributed by atoms with Gasteiger partial charge in [-0.3, -0.25) is 9.69 Å². The largest absolute Gasteiger partial charge is 0.397 e. The average molecular weight is 408 g/mol. The molecule has 1 aliphatic carbocycles. The molecule has 1 aromatic rings. The van der Waals surface area contributed by atoms with E-state index in [1.165, 1.54) is 12.8 Å². The molecule has 2 unspecified atom stereocenters. The zero-order valence-electron chi connectivity index (χ0n) is 16.6. The van der Waals surface area contributed by atoms with Gasteiger partial charge in [-0.15, -0.1) is 0 Å². The highest BCUT2D eigenvalue weighted by atomic mass is 19.2. The third-order valence-electron chi connectivity index (χ3n) is 6.61. The zero-order chi connectivity index (χ0) is 20.4. The lowest BCUT2D eigenvalue weighted by Gasteiger charge is -2.50. The van der Waals surface area contributed by atoms with Crippen molar-refractivity contribution < 1.29 is 13.6 Å². The Bertz CT molecular complexity index is 747. The molecule has 1 amide bonds. The van der Waals surface area contributed by atoms with Crippen LogP contribution in [0.3, 0.4) is 0 Å². The summed E-state index contributed by atoms with van der Waals surface area (Å²) < 4.78 is 26.9. The summed E-state index contributed by atoms with van der Waals surface area (Å²) in [5.74, 6) is -2.36. The monoisotopic (exact) mass is 408 g/mol. The first kappa shape index (κ1) is 20.5. The molecule has 3 aliphatic rings. The number of benzene rings is 1. The van der Waals surface area contributed by atoms with E-state index in [1.807, 2.05) is 0 Å². The number of nitrogens with two attached hydrogens (primary N) is 1. The van der Waals surface area contributed by atoms with Crippen LogP contribution in [0.2, 0.25) is 0 Å². The Morgan fingerprint density at radius 2 is 1.86 bits per heavy atom. The molecule has 0 bridgehead atoms. The van der Waals surface area contributed by atoms with Gasteiger partial charge >= 0.3 is 0 Å². The molecule has 2 heterocycles. The first-order valence-electron chi connectivity index (χ1n) is 10.5. The van der Waals surface area contributed by atoms with Gasteiger partial charge < -0.3 is 16.4 Å². The second-order valence-corrected chi connectivity index (χ2v) is 8.54. The van der Waals surface area contributed by atoms with Crippen molar-refractivity contribution in [2.45, 2.75) is 57.2 Å². The van der Waals surface area contributed by atoms with Gasteiger partial charge in [-0.05, 0) is 19.3 Å². The van der Waals surface area contributed by atoms with E-state index in [4.69, 9.17) is 5.73 Å². The van der Waals surface area contributed by atoms with Crippen molar-refractivity contribution >= 4 is 17.3 Å². The molecule has 2 atom stereocenters. The van der Waals surface area contributed by atoms with E-state index in [2.05, 4.69) is 26.4 Å². The molecular weight excluding hydrogens is 378 g/mol. The second-order valence-electron chi connectivity index (χ2n) is 8.54. The van der Waals surface area contributed by atoms with Gasteiger partial charge in [0, 0.05) is 37.3 Å². The Kier molecular flexibility index (Phi) is 6.00. The van der Waals surface area contributed by atoms with Gasteiger partial charge in [0.05, 0.1) is 17.5 Å². The van der Waals surface area contributed by atoms with Crippen molar-refractivity contribution in [2.24, 2.45) is 5.41 Å². The summed E-state index contributed by atoms with van der Waals surface area (Å²) in [5.41, 5.74) is 12.4. The van der Waals surface area contributed by atoms with Crippen molar-refractivity contribution in [3.63, 3.8) is 0 Å². The highest BCUT2D eigenvalue weighted by Gasteiger charge is 2.48. The molecule has 2 saturated heterocycles. The lowest BCUT2D eigenvalue weighted by atomic mass is 9.71. The fourth-order valence-electron chi connectivity index (χ4n) is 5.08. The van der Waals surface area contributed by atoms with Gasteiger partial charge in [-0.25, -0.2) is 19.6 Å². The van der Waals surface area contributed by atoms with Gasteiger partial charge in [0.2, 0.25) is 5.91 Å². The first-order valence-corrected chi connectivity index (χ1v) is 10.5. The summed E-state index contributed by atoms with van der Waals surface area (Å²) in [4.78, 5) is 15.3. The number of nitrogens with zero attached hydrogens (tertiary/aromatic N) is 1. The number of amides is 1. The van der Waals surface area contributed by atoms with Gasteiger partial charge in [0.15, 0.2) is 11.6 Å². The van der Waals surface area contributed by atoms with Crippen LogP contribution in [0.5, 0.6) is 0 Å². The number of carbonyl (C=O) groups is 1. The maximum atomic E-state index is 13.6. The number of nitrogen functional groups attached to an aromatic ring is 1. The Labute approximate surface area is 169 Å². The number of hydrogen-bond acceptors (Lipinski definition) is 6. The Morgan fingerprint density at radius 1 is 1.14 bits per heavy atom. The first-order chi connectivity index (χ1) is 14.0. The van der Waals surface area contributed by atoms with Crippen LogP contribution in [-0.4, -0.2) is 42.8 Å². The molecule has 1 spiro atoms. The fraction of sp³-hybridized carbons (Fsp3) is 0.650. The van der Waals surface area contributed by atoms with E-state index in [0.717, 1.165) is 57.6 Å². The number of carbonyl (C=O) groups excluding carboxylic acids is 1. The molecule has 7 nitrogen and oxygen atoms in total. The Hall–Kier alpha value is -1.81. The van der Waals surface area contributed by atoms with Crippen LogP contribution >= 0.6 is 0 Å². The molecule has 0 radical (unpaired) electrons. The van der Waals surface area contributed by atoms with Crippen LogP contribution in [-0.2, 0) is 4.79 Å². The van der Waals surface area contributed by atoms with Crippen LogP contribution in [0.25, 0.3) is 0 Å². The van der Waals surface area contributed by atoms with Crippen molar-refractivity contribution in [1.29, 1.82) is 0 Å². The predicted octanol–water partition coefficient (Wildman–Crippen LogP) is 1.88. The third-order valence-corrected chi connectivity index (χ3v) is 6.61. The van der Waals surface area contributed by atoms with Gasteiger partial charge in [0.25, 0.3) is 0 Å². The lowest BCUT2D eigenvalue weighted by Crippen LogP contribution is -2.68. The molecular formula is C20H30F2N6O. The Morgan fingerprint density at radius 3 is 2.55 bits per heavy atom. The van der Waals surface area contributed by atoms with Crippen molar-refractivity contribution in [1.82, 2.24) is 21.1 Å². The van der Waals surface area contributed by atoms with Gasteiger partial charge in [-0.2, -0.15) is 0 Å². The summed E-state index contributed by atoms with van der Waals surface area (Å²) in [5, 5.41) is 6.06. The molecule has 160 valence electrons. The maximum Gasteiger partial charge on any atom is 0.242 e. The van der Waals surface area contributed by atoms with Crippen molar-refractivity contribution in [3.8, 4) is 0 Å². The maximum absolute atomic E-state index is 13.6. The molecule has 3 fully saturated rings. The van der Waals surface area contributed by atoms with Crippen molar-refractivity contribution in [2.75, 3.05) is 30.8 Å². The zero-order valence-corrected chi connectivity index (χ0v) is 16.6. The standard InChI is InChI=1S/C20H30F2N6O/c21-13-9-15(23)16(10-14(13)22)25-18(29)17-11-20(5-3-1-2-4-6-20)19(27-26-17)28-8-7-24-12-28/h9-10,17,19,24,26-27H,1-8,11-12,23H2,(H,25,29). The summed E-state index contributed by atoms with van der Waals surface area (Å²) in [6.45, 7) is 2.78. The molecule has 29 heavy (non-hydrogen) atoms. The van der Waals surface area contributed by atoms with E-state index in [-0.39, 0.29) is 28.9 Å². The predicted molar refractivity (Wildman–Crippen MR) is 108 cm³/mol. The molecule has 1 saturated carbocycles. The van der Waals surface area contributed by atoms with Crippen LogP contribution in [0.4, 0.5) is 20.2 Å². The highest BCUT2D eigenvalue weighted by Crippen LogP contribution is 2.44. The topological polar surface area (TPSA) is 94.5 Å². The van der Waals surface area contributed by atoms with Gasteiger partial charge in [-0.1, -0.05) is 25.7 Å². The van der Waals surface area contributed by atoms with E-state index >= 15 is 0 Å². The average Bonchev–Trinajstić information content (AvgIpc) is 3.13. The quantitative estimate of drug-likeness (QED) is 0.491. The van der Waals surface area contributed by atoms with E-state index < -0.39 is 17.7 Å². The minimum atomic E-state index is -1.04. The fourth-order valence-corrected chi connectivity index (χ4v) is 5.08. The highest BCUT2D eigenvalue weighted by molar-refractivity contribution is 5.97. The molecule has 0 aromatic heterocycles. The minimum Gasteiger partial charge on any atom is -0.397 e. The second kappa shape index (κ2) is 8.51. The molecule has 6 N–H and O–H groups in total. The molecule has 4 rings (SSSR count). The normalized spacial score (nSPS) is 27.7. The van der Waals surface area contributed by atoms with E-state index in [9.17, 15) is 13.6 Å². The number of nitrogens with one attached hydrogen (secondary N) is 4. The van der Waals surface area contributed by atoms with Crippen molar-refractivity contribution in [3.05, 3.63) is 23.8 Å². The summed E-state index contributed by atoms with van der Waals surface area (Å²) in [6, 6.07) is 1.34. The van der Waals surface area contributed by atoms with E-state index in [1.54, 1.807) is 0 Å². The number of hydrogen-bond donors (Lipinski definition) is 5. The number of rotatable bonds is 3. The van der Waals surface area contributed by atoms with Crippen LogP contribution in [0, 0.1) is 17.0 Å². The van der Waals surface area contributed by atoms with Crippen LogP contribution < -0.4 is 27.2 Å². The number of hydrazine groups is 1. The number of halogens is 2. The lowest BCUT2D eigenvalue weighted by molar-refractivity contribution is -0.123. The number of anilines is 2. The summed E-state index contributed by atoms with van der Waals surface area (Å²) in [7, 11) is 0. The third kappa shape index (κ3) is 4.23. The van der Waals surface area contributed by atoms with E-state index in [0.29, 0.717) is 6.42 Å². The van der Waals surface area contributed by atoms with Crippen LogP contribution in [0.15, 0.2) is 12.1 Å². The Balaban J connectivity index is 1.51. The summed E-state index contributed by atoms with van der Waals surface area (Å²) in [6.07, 6.45) is 7.75. The molecule has 9 heteroatoms. The minimum absolute atomic E-state index is 0.00460. The smallest absolute Gasteiger partial charge is 0.242 e.